The number of hydrogen-bond acceptors (Lipinski definition) is 2. The quantitative estimate of drug-likeness (QED) is 0.884. The predicted molar refractivity (Wildman–Crippen MR) is 83.7 cm³/mol. The molecule has 0 fully saturated rings. The maximum atomic E-state index is 12.1. The lowest BCUT2D eigenvalue weighted by Gasteiger charge is -2.22. The number of benzene rings is 1. The van der Waals surface area contributed by atoms with Crippen molar-refractivity contribution in [3.63, 3.8) is 0 Å². The van der Waals surface area contributed by atoms with Crippen LogP contribution in [0.5, 0.6) is 0 Å². The van der Waals surface area contributed by atoms with Gasteiger partial charge < -0.3 is 9.88 Å². The van der Waals surface area contributed by atoms with Crippen molar-refractivity contribution in [2.45, 2.75) is 38.6 Å². The molecule has 21 heavy (non-hydrogen) atoms. The highest BCUT2D eigenvalue weighted by molar-refractivity contribution is 5.83. The number of amides is 1. The molecule has 0 aliphatic carbocycles. The van der Waals surface area contributed by atoms with E-state index in [0.29, 0.717) is 12.8 Å². The van der Waals surface area contributed by atoms with E-state index < -0.39 is 0 Å². The van der Waals surface area contributed by atoms with Crippen LogP contribution in [0.3, 0.4) is 0 Å². The van der Waals surface area contributed by atoms with Crippen LogP contribution in [0.4, 0.5) is 0 Å². The zero-order valence-corrected chi connectivity index (χ0v) is 12.6. The van der Waals surface area contributed by atoms with Gasteiger partial charge in [-0.25, -0.2) is 0 Å². The first-order chi connectivity index (χ1) is 10.1. The SMILES string of the molecule is CC(CC#N)N(C)C(=O)CCCc1c[nH]c2ccccc12. The van der Waals surface area contributed by atoms with Crippen molar-refractivity contribution in [3.05, 3.63) is 36.0 Å². The molecule has 1 N–H and O–H groups in total. The third-order valence-electron chi connectivity index (χ3n) is 3.95. The molecule has 2 aromatic rings. The lowest BCUT2D eigenvalue weighted by atomic mass is 10.1. The van der Waals surface area contributed by atoms with E-state index in [-0.39, 0.29) is 11.9 Å². The second kappa shape index (κ2) is 6.94. The number of aromatic nitrogens is 1. The number of nitrogens with one attached hydrogen (secondary N) is 1. The molecule has 1 heterocycles. The highest BCUT2D eigenvalue weighted by atomic mass is 16.2. The summed E-state index contributed by atoms with van der Waals surface area (Å²) < 4.78 is 0. The summed E-state index contributed by atoms with van der Waals surface area (Å²) in [6.07, 6.45) is 4.63. The molecule has 1 unspecified atom stereocenters. The Hall–Kier alpha value is -2.28. The smallest absolute Gasteiger partial charge is 0.222 e. The molecule has 1 amide bonds. The summed E-state index contributed by atoms with van der Waals surface area (Å²) in [5.41, 5.74) is 2.39. The molecule has 0 saturated carbocycles. The summed E-state index contributed by atoms with van der Waals surface area (Å²) >= 11 is 0. The number of rotatable bonds is 6. The number of fused-ring (bicyclic) bond motifs is 1. The van der Waals surface area contributed by atoms with E-state index in [1.54, 1.807) is 11.9 Å². The third-order valence-corrected chi connectivity index (χ3v) is 3.95. The van der Waals surface area contributed by atoms with Crippen molar-refractivity contribution in [2.75, 3.05) is 7.05 Å². The Morgan fingerprint density at radius 2 is 2.19 bits per heavy atom. The highest BCUT2D eigenvalue weighted by Crippen LogP contribution is 2.19. The Balaban J connectivity index is 1.87. The van der Waals surface area contributed by atoms with Crippen LogP contribution >= 0.6 is 0 Å². The van der Waals surface area contributed by atoms with Crippen LogP contribution in [-0.4, -0.2) is 28.9 Å². The molecule has 0 aliphatic rings. The van der Waals surface area contributed by atoms with Crippen molar-refractivity contribution >= 4 is 16.8 Å². The van der Waals surface area contributed by atoms with E-state index in [4.69, 9.17) is 5.26 Å². The van der Waals surface area contributed by atoms with Gasteiger partial charge in [0.1, 0.15) is 0 Å². The Morgan fingerprint density at radius 3 is 2.95 bits per heavy atom. The second-order valence-corrected chi connectivity index (χ2v) is 5.43. The number of carbonyl (C=O) groups excluding carboxylic acids is 1. The summed E-state index contributed by atoms with van der Waals surface area (Å²) in [5, 5.41) is 9.91. The van der Waals surface area contributed by atoms with Gasteiger partial charge in [-0.2, -0.15) is 5.26 Å². The van der Waals surface area contributed by atoms with Crippen LogP contribution < -0.4 is 0 Å². The van der Waals surface area contributed by atoms with Gasteiger partial charge in [0.15, 0.2) is 0 Å². The molecule has 2 rings (SSSR count). The van der Waals surface area contributed by atoms with Crippen molar-refractivity contribution in [1.82, 2.24) is 9.88 Å². The number of hydrogen-bond donors (Lipinski definition) is 1. The summed E-state index contributed by atoms with van der Waals surface area (Å²) in [7, 11) is 1.77. The number of carbonyl (C=O) groups is 1. The Kier molecular flexibility index (Phi) is 4.99. The van der Waals surface area contributed by atoms with E-state index >= 15 is 0 Å². The molecule has 0 spiro atoms. The number of nitriles is 1. The maximum Gasteiger partial charge on any atom is 0.222 e. The standard InChI is InChI=1S/C17H21N3O/c1-13(10-11-18)20(2)17(21)9-5-6-14-12-19-16-8-4-3-7-15(14)16/h3-4,7-8,12-13,19H,5-6,9-10H2,1-2H3. The van der Waals surface area contributed by atoms with Crippen molar-refractivity contribution in [1.29, 1.82) is 5.26 Å². The molecule has 0 bridgehead atoms. The molecule has 1 atom stereocenters. The lowest BCUT2D eigenvalue weighted by molar-refractivity contribution is -0.131. The van der Waals surface area contributed by atoms with Crippen molar-refractivity contribution < 1.29 is 4.79 Å². The normalized spacial score (nSPS) is 12.0. The Bertz CT molecular complexity index is 653. The van der Waals surface area contributed by atoms with Crippen LogP contribution in [0.25, 0.3) is 10.9 Å². The zero-order chi connectivity index (χ0) is 15.2. The van der Waals surface area contributed by atoms with Crippen LogP contribution in [-0.2, 0) is 11.2 Å². The van der Waals surface area contributed by atoms with E-state index in [1.165, 1.54) is 10.9 Å². The first kappa shape index (κ1) is 15.1. The van der Waals surface area contributed by atoms with Gasteiger partial charge in [0.05, 0.1) is 12.5 Å². The first-order valence-electron chi connectivity index (χ1n) is 7.31. The minimum atomic E-state index is -0.0180. The van der Waals surface area contributed by atoms with E-state index in [1.807, 2.05) is 25.3 Å². The predicted octanol–water partition coefficient (Wildman–Crippen LogP) is 3.25. The Labute approximate surface area is 125 Å². The molecular weight excluding hydrogens is 262 g/mol. The largest absolute Gasteiger partial charge is 0.361 e. The number of para-hydroxylation sites is 1. The number of aromatic amines is 1. The molecule has 110 valence electrons. The maximum absolute atomic E-state index is 12.1. The average molecular weight is 283 g/mol. The van der Waals surface area contributed by atoms with E-state index in [0.717, 1.165) is 18.4 Å². The van der Waals surface area contributed by atoms with Gasteiger partial charge in [0, 0.05) is 36.6 Å². The molecule has 4 heteroatoms. The fourth-order valence-corrected chi connectivity index (χ4v) is 2.46. The van der Waals surface area contributed by atoms with E-state index in [2.05, 4.69) is 23.2 Å². The van der Waals surface area contributed by atoms with E-state index in [9.17, 15) is 4.79 Å². The molecular formula is C17H21N3O. The number of H-pyrrole nitrogens is 1. The fraction of sp³-hybridized carbons (Fsp3) is 0.412. The van der Waals surface area contributed by atoms with Crippen molar-refractivity contribution in [2.24, 2.45) is 0 Å². The number of aryl methyl sites for hydroxylation is 1. The molecule has 1 aromatic heterocycles. The summed E-state index contributed by atoms with van der Waals surface area (Å²) in [4.78, 5) is 17.0. The first-order valence-corrected chi connectivity index (χ1v) is 7.31. The van der Waals surface area contributed by atoms with Gasteiger partial charge in [0.2, 0.25) is 5.91 Å². The minimum Gasteiger partial charge on any atom is -0.361 e. The summed E-state index contributed by atoms with van der Waals surface area (Å²) in [6.45, 7) is 1.90. The van der Waals surface area contributed by atoms with Gasteiger partial charge in [-0.1, -0.05) is 18.2 Å². The molecule has 1 aromatic carbocycles. The van der Waals surface area contributed by atoms with Crippen LogP contribution in [0.15, 0.2) is 30.5 Å². The van der Waals surface area contributed by atoms with Crippen LogP contribution in [0.2, 0.25) is 0 Å². The topological polar surface area (TPSA) is 59.9 Å². The number of nitrogens with zero attached hydrogens (tertiary/aromatic N) is 2. The summed E-state index contributed by atoms with van der Waals surface area (Å²) in [5.74, 6) is 0.109. The molecule has 0 aliphatic heterocycles. The zero-order valence-electron chi connectivity index (χ0n) is 12.6. The van der Waals surface area contributed by atoms with Gasteiger partial charge in [0.25, 0.3) is 0 Å². The lowest BCUT2D eigenvalue weighted by Crippen LogP contribution is -2.34. The van der Waals surface area contributed by atoms with Crippen LogP contribution in [0, 0.1) is 11.3 Å². The molecule has 4 nitrogen and oxygen atoms in total. The third kappa shape index (κ3) is 3.63. The average Bonchev–Trinajstić information content (AvgIpc) is 2.90. The van der Waals surface area contributed by atoms with Gasteiger partial charge >= 0.3 is 0 Å². The summed E-state index contributed by atoms with van der Waals surface area (Å²) in [6, 6.07) is 10.3. The second-order valence-electron chi connectivity index (χ2n) is 5.43. The molecule has 0 saturated heterocycles. The van der Waals surface area contributed by atoms with Gasteiger partial charge in [-0.3, -0.25) is 4.79 Å². The fourth-order valence-electron chi connectivity index (χ4n) is 2.46. The van der Waals surface area contributed by atoms with Gasteiger partial charge in [-0.05, 0) is 31.4 Å². The Morgan fingerprint density at radius 1 is 1.43 bits per heavy atom. The highest BCUT2D eigenvalue weighted by Gasteiger charge is 2.15. The molecule has 0 radical (unpaired) electrons. The van der Waals surface area contributed by atoms with Crippen molar-refractivity contribution in [3.8, 4) is 6.07 Å². The monoisotopic (exact) mass is 283 g/mol. The van der Waals surface area contributed by atoms with Crippen LogP contribution in [0.1, 0.15) is 31.7 Å². The van der Waals surface area contributed by atoms with Gasteiger partial charge in [-0.15, -0.1) is 0 Å². The minimum absolute atomic E-state index is 0.0180.